The Morgan fingerprint density at radius 3 is 2.56 bits per heavy atom. The largest absolute Gasteiger partial charge is 0.395 e. The van der Waals surface area contributed by atoms with Crippen LogP contribution < -0.4 is 5.32 Å². The lowest BCUT2D eigenvalue weighted by Gasteiger charge is -2.15. The molecule has 1 aromatic carbocycles. The summed E-state index contributed by atoms with van der Waals surface area (Å²) in [7, 11) is 0. The normalized spacial score (nSPS) is 14.7. The number of aliphatic hydroxyl groups excluding tert-OH is 2. The van der Waals surface area contributed by atoms with Gasteiger partial charge in [-0.25, -0.2) is 0 Å². The Kier molecular flexibility index (Phi) is 6.08. The van der Waals surface area contributed by atoms with Gasteiger partial charge in [0.1, 0.15) is 0 Å². The molecule has 0 heterocycles. The Labute approximate surface area is 97.1 Å². The van der Waals surface area contributed by atoms with Crippen LogP contribution in [0.5, 0.6) is 0 Å². The van der Waals surface area contributed by atoms with Crippen LogP contribution in [0, 0.1) is 0 Å². The molecule has 0 aliphatic rings. The quantitative estimate of drug-likeness (QED) is 0.645. The zero-order chi connectivity index (χ0) is 11.8. The van der Waals surface area contributed by atoms with Gasteiger partial charge in [0.05, 0.1) is 12.7 Å². The fourth-order valence-electron chi connectivity index (χ4n) is 1.48. The van der Waals surface area contributed by atoms with Gasteiger partial charge < -0.3 is 15.5 Å². The van der Waals surface area contributed by atoms with Gasteiger partial charge in [-0.05, 0) is 25.3 Å². The van der Waals surface area contributed by atoms with E-state index >= 15 is 0 Å². The van der Waals surface area contributed by atoms with E-state index in [-0.39, 0.29) is 18.8 Å². The first-order valence-corrected chi connectivity index (χ1v) is 5.78. The number of rotatable bonds is 7. The first-order valence-electron chi connectivity index (χ1n) is 5.78. The Morgan fingerprint density at radius 1 is 1.25 bits per heavy atom. The lowest BCUT2D eigenvalue weighted by atomic mass is 10.1. The number of hydrogen-bond acceptors (Lipinski definition) is 3. The van der Waals surface area contributed by atoms with E-state index < -0.39 is 0 Å². The zero-order valence-corrected chi connectivity index (χ0v) is 9.76. The predicted octanol–water partition coefficient (Wildman–Crippen LogP) is 0.950. The van der Waals surface area contributed by atoms with Crippen LogP contribution in [0.4, 0.5) is 0 Å². The first-order chi connectivity index (χ1) is 7.72. The van der Waals surface area contributed by atoms with Crippen molar-refractivity contribution in [2.45, 2.75) is 31.9 Å². The maximum Gasteiger partial charge on any atom is 0.0667 e. The van der Waals surface area contributed by atoms with E-state index in [0.29, 0.717) is 6.54 Å². The van der Waals surface area contributed by atoms with E-state index in [4.69, 9.17) is 5.11 Å². The summed E-state index contributed by atoms with van der Waals surface area (Å²) >= 11 is 0. The molecule has 0 saturated carbocycles. The summed E-state index contributed by atoms with van der Waals surface area (Å²) < 4.78 is 0. The van der Waals surface area contributed by atoms with E-state index in [9.17, 15) is 5.11 Å². The Hall–Kier alpha value is -0.900. The van der Waals surface area contributed by atoms with E-state index in [2.05, 4.69) is 17.4 Å². The molecule has 0 aliphatic carbocycles. The van der Waals surface area contributed by atoms with Crippen LogP contribution in [0.25, 0.3) is 0 Å². The van der Waals surface area contributed by atoms with Gasteiger partial charge in [-0.15, -0.1) is 0 Å². The van der Waals surface area contributed by atoms with Crippen LogP contribution in [0.3, 0.4) is 0 Å². The molecule has 0 spiro atoms. The highest BCUT2D eigenvalue weighted by atomic mass is 16.3. The number of aryl methyl sites for hydroxylation is 1. The lowest BCUT2D eigenvalue weighted by molar-refractivity contribution is 0.151. The number of benzene rings is 1. The molecular weight excluding hydrogens is 202 g/mol. The summed E-state index contributed by atoms with van der Waals surface area (Å²) in [6.45, 7) is 2.53. The SMILES string of the molecule is C[C@@H](CO)NCC(O)CCc1ccccc1. The minimum atomic E-state index is -0.353. The van der Waals surface area contributed by atoms with Crippen molar-refractivity contribution < 1.29 is 10.2 Å². The van der Waals surface area contributed by atoms with Crippen molar-refractivity contribution in [2.24, 2.45) is 0 Å². The average Bonchev–Trinajstić information content (AvgIpc) is 2.34. The van der Waals surface area contributed by atoms with Crippen molar-refractivity contribution in [3.63, 3.8) is 0 Å². The van der Waals surface area contributed by atoms with Crippen LogP contribution in [0.1, 0.15) is 18.9 Å². The molecule has 0 bridgehead atoms. The molecule has 3 N–H and O–H groups in total. The minimum Gasteiger partial charge on any atom is -0.395 e. The molecule has 16 heavy (non-hydrogen) atoms. The molecule has 0 aromatic heterocycles. The maximum absolute atomic E-state index is 9.71. The topological polar surface area (TPSA) is 52.5 Å². The molecule has 1 rings (SSSR count). The molecule has 2 atom stereocenters. The number of aliphatic hydroxyl groups is 2. The van der Waals surface area contributed by atoms with Gasteiger partial charge in [-0.2, -0.15) is 0 Å². The van der Waals surface area contributed by atoms with Gasteiger partial charge in [-0.1, -0.05) is 30.3 Å². The van der Waals surface area contributed by atoms with E-state index in [0.717, 1.165) is 12.8 Å². The van der Waals surface area contributed by atoms with Gasteiger partial charge in [0.2, 0.25) is 0 Å². The van der Waals surface area contributed by atoms with Crippen molar-refractivity contribution in [1.29, 1.82) is 0 Å². The second-order valence-electron chi connectivity index (χ2n) is 4.17. The highest BCUT2D eigenvalue weighted by Gasteiger charge is 2.06. The molecular formula is C13H21NO2. The van der Waals surface area contributed by atoms with Crippen LogP contribution in [-0.4, -0.2) is 35.5 Å². The first kappa shape index (κ1) is 13.2. The Bertz CT molecular complexity index is 277. The van der Waals surface area contributed by atoms with Crippen LogP contribution in [0.15, 0.2) is 30.3 Å². The van der Waals surface area contributed by atoms with E-state index in [1.165, 1.54) is 5.56 Å². The summed E-state index contributed by atoms with van der Waals surface area (Å²) in [6, 6.07) is 10.2. The van der Waals surface area contributed by atoms with Crippen molar-refractivity contribution in [1.82, 2.24) is 5.32 Å². The van der Waals surface area contributed by atoms with E-state index in [1.54, 1.807) is 0 Å². The monoisotopic (exact) mass is 223 g/mol. The van der Waals surface area contributed by atoms with Crippen molar-refractivity contribution in [3.05, 3.63) is 35.9 Å². The van der Waals surface area contributed by atoms with Crippen molar-refractivity contribution >= 4 is 0 Å². The number of hydrogen-bond donors (Lipinski definition) is 3. The maximum atomic E-state index is 9.71. The van der Waals surface area contributed by atoms with E-state index in [1.807, 2.05) is 25.1 Å². The highest BCUT2D eigenvalue weighted by Crippen LogP contribution is 2.04. The third-order valence-electron chi connectivity index (χ3n) is 2.58. The summed E-state index contributed by atoms with van der Waals surface area (Å²) in [5.74, 6) is 0. The van der Waals surface area contributed by atoms with Crippen LogP contribution in [0.2, 0.25) is 0 Å². The summed E-state index contributed by atoms with van der Waals surface area (Å²) in [5, 5.41) is 21.6. The zero-order valence-electron chi connectivity index (χ0n) is 9.76. The van der Waals surface area contributed by atoms with Gasteiger partial charge in [0.25, 0.3) is 0 Å². The molecule has 1 aromatic rings. The molecule has 0 saturated heterocycles. The van der Waals surface area contributed by atoms with Crippen LogP contribution in [-0.2, 0) is 6.42 Å². The molecule has 3 heteroatoms. The lowest BCUT2D eigenvalue weighted by Crippen LogP contribution is -2.36. The molecule has 0 aliphatic heterocycles. The summed E-state index contributed by atoms with van der Waals surface area (Å²) in [4.78, 5) is 0. The average molecular weight is 223 g/mol. The van der Waals surface area contributed by atoms with Gasteiger partial charge >= 0.3 is 0 Å². The summed E-state index contributed by atoms with van der Waals surface area (Å²) in [5.41, 5.74) is 1.25. The third-order valence-corrected chi connectivity index (χ3v) is 2.58. The number of nitrogens with one attached hydrogen (secondary N) is 1. The Morgan fingerprint density at radius 2 is 1.94 bits per heavy atom. The predicted molar refractivity (Wildman–Crippen MR) is 65.3 cm³/mol. The fraction of sp³-hybridized carbons (Fsp3) is 0.538. The molecule has 0 amide bonds. The van der Waals surface area contributed by atoms with Gasteiger partial charge in [-0.3, -0.25) is 0 Å². The molecule has 1 unspecified atom stereocenters. The highest BCUT2D eigenvalue weighted by molar-refractivity contribution is 5.14. The van der Waals surface area contributed by atoms with Gasteiger partial charge in [0.15, 0.2) is 0 Å². The standard InChI is InChI=1S/C13H21NO2/c1-11(10-15)14-9-13(16)8-7-12-5-3-2-4-6-12/h2-6,11,13-16H,7-10H2,1H3/t11-,13?/m0/s1. The third kappa shape index (κ3) is 5.26. The van der Waals surface area contributed by atoms with Gasteiger partial charge in [0, 0.05) is 12.6 Å². The molecule has 0 fully saturated rings. The molecule has 90 valence electrons. The van der Waals surface area contributed by atoms with Crippen molar-refractivity contribution in [2.75, 3.05) is 13.2 Å². The van der Waals surface area contributed by atoms with Crippen LogP contribution >= 0.6 is 0 Å². The fourth-order valence-corrected chi connectivity index (χ4v) is 1.48. The second-order valence-corrected chi connectivity index (χ2v) is 4.17. The second kappa shape index (κ2) is 7.39. The smallest absolute Gasteiger partial charge is 0.0667 e. The molecule has 0 radical (unpaired) electrons. The molecule has 3 nitrogen and oxygen atoms in total. The van der Waals surface area contributed by atoms with Crippen molar-refractivity contribution in [3.8, 4) is 0 Å². The Balaban J connectivity index is 2.18. The summed E-state index contributed by atoms with van der Waals surface area (Å²) in [6.07, 6.45) is 1.28. The minimum absolute atomic E-state index is 0.0476.